The Morgan fingerprint density at radius 2 is 2.41 bits per heavy atom. The summed E-state index contributed by atoms with van der Waals surface area (Å²) in [5, 5.41) is 3.46. The van der Waals surface area contributed by atoms with E-state index in [1.54, 1.807) is 0 Å². The molecule has 2 heterocycles. The SMILES string of the molecule is CCNCC1CCCN(c2ncccc2C)C1. The first-order chi connectivity index (χ1) is 8.31. The zero-order chi connectivity index (χ0) is 12.1. The molecule has 94 valence electrons. The smallest absolute Gasteiger partial charge is 0.131 e. The Morgan fingerprint density at radius 3 is 3.18 bits per heavy atom. The number of aromatic nitrogens is 1. The number of nitrogens with one attached hydrogen (secondary N) is 1. The first kappa shape index (κ1) is 12.4. The highest BCUT2D eigenvalue weighted by Crippen LogP contribution is 2.23. The predicted molar refractivity (Wildman–Crippen MR) is 72.5 cm³/mol. The molecule has 1 saturated heterocycles. The number of anilines is 1. The highest BCUT2D eigenvalue weighted by atomic mass is 15.2. The van der Waals surface area contributed by atoms with Crippen LogP contribution in [0.25, 0.3) is 0 Å². The van der Waals surface area contributed by atoms with Crippen LogP contribution < -0.4 is 10.2 Å². The van der Waals surface area contributed by atoms with Crippen LogP contribution in [0.5, 0.6) is 0 Å². The molecule has 1 aliphatic rings. The van der Waals surface area contributed by atoms with Crippen molar-refractivity contribution in [1.29, 1.82) is 0 Å². The van der Waals surface area contributed by atoms with Crippen LogP contribution in [0.3, 0.4) is 0 Å². The second-order valence-corrected chi connectivity index (χ2v) is 4.91. The van der Waals surface area contributed by atoms with Gasteiger partial charge < -0.3 is 10.2 Å². The molecule has 1 aromatic heterocycles. The molecule has 2 rings (SSSR count). The van der Waals surface area contributed by atoms with E-state index in [2.05, 4.69) is 35.1 Å². The lowest BCUT2D eigenvalue weighted by Gasteiger charge is -2.34. The number of aryl methyl sites for hydroxylation is 1. The minimum atomic E-state index is 0.769. The summed E-state index contributed by atoms with van der Waals surface area (Å²) < 4.78 is 0. The van der Waals surface area contributed by atoms with Gasteiger partial charge in [0.15, 0.2) is 0 Å². The summed E-state index contributed by atoms with van der Waals surface area (Å²) in [5.74, 6) is 1.94. The van der Waals surface area contributed by atoms with Crippen LogP contribution in [0.15, 0.2) is 18.3 Å². The number of rotatable bonds is 4. The van der Waals surface area contributed by atoms with Gasteiger partial charge in [-0.25, -0.2) is 4.98 Å². The van der Waals surface area contributed by atoms with Gasteiger partial charge in [-0.3, -0.25) is 0 Å². The van der Waals surface area contributed by atoms with Crippen LogP contribution in [0.4, 0.5) is 5.82 Å². The van der Waals surface area contributed by atoms with Gasteiger partial charge in [0.05, 0.1) is 0 Å². The van der Waals surface area contributed by atoms with Crippen molar-refractivity contribution in [1.82, 2.24) is 10.3 Å². The van der Waals surface area contributed by atoms with Crippen molar-refractivity contribution in [2.24, 2.45) is 5.92 Å². The van der Waals surface area contributed by atoms with Crippen LogP contribution in [0.1, 0.15) is 25.3 Å². The quantitative estimate of drug-likeness (QED) is 0.864. The lowest BCUT2D eigenvalue weighted by Crippen LogP contribution is -2.40. The van der Waals surface area contributed by atoms with Crippen molar-refractivity contribution in [2.75, 3.05) is 31.1 Å². The molecule has 3 nitrogen and oxygen atoms in total. The highest BCUT2D eigenvalue weighted by molar-refractivity contribution is 5.46. The van der Waals surface area contributed by atoms with Crippen molar-refractivity contribution >= 4 is 5.82 Å². The number of piperidine rings is 1. The van der Waals surface area contributed by atoms with Gasteiger partial charge in [-0.05, 0) is 50.4 Å². The molecule has 3 heteroatoms. The second-order valence-electron chi connectivity index (χ2n) is 4.91. The van der Waals surface area contributed by atoms with Crippen molar-refractivity contribution in [3.63, 3.8) is 0 Å². The van der Waals surface area contributed by atoms with Crippen molar-refractivity contribution in [2.45, 2.75) is 26.7 Å². The van der Waals surface area contributed by atoms with Crippen molar-refractivity contribution in [3.05, 3.63) is 23.9 Å². The van der Waals surface area contributed by atoms with Gasteiger partial charge in [0, 0.05) is 19.3 Å². The molecule has 1 unspecified atom stereocenters. The number of pyridine rings is 1. The molecule has 1 N–H and O–H groups in total. The third-order valence-electron chi connectivity index (χ3n) is 3.48. The van der Waals surface area contributed by atoms with Gasteiger partial charge >= 0.3 is 0 Å². The Bertz CT molecular complexity index is 351. The van der Waals surface area contributed by atoms with E-state index >= 15 is 0 Å². The summed E-state index contributed by atoms with van der Waals surface area (Å²) in [4.78, 5) is 6.97. The molecular formula is C14H23N3. The molecule has 1 atom stereocenters. The summed E-state index contributed by atoms with van der Waals surface area (Å²) in [6.07, 6.45) is 4.53. The van der Waals surface area contributed by atoms with E-state index in [-0.39, 0.29) is 0 Å². The van der Waals surface area contributed by atoms with E-state index in [0.717, 1.165) is 32.1 Å². The summed E-state index contributed by atoms with van der Waals surface area (Å²) in [7, 11) is 0. The average Bonchev–Trinajstić information content (AvgIpc) is 2.37. The summed E-state index contributed by atoms with van der Waals surface area (Å²) in [5.41, 5.74) is 1.29. The number of hydrogen-bond acceptors (Lipinski definition) is 3. The fraction of sp³-hybridized carbons (Fsp3) is 0.643. The summed E-state index contributed by atoms with van der Waals surface area (Å²) in [6.45, 7) is 8.82. The zero-order valence-electron chi connectivity index (χ0n) is 10.9. The lowest BCUT2D eigenvalue weighted by molar-refractivity contribution is 0.394. The Labute approximate surface area is 104 Å². The molecule has 0 aromatic carbocycles. The molecule has 0 amide bonds. The minimum Gasteiger partial charge on any atom is -0.356 e. The van der Waals surface area contributed by atoms with Crippen LogP contribution in [-0.4, -0.2) is 31.2 Å². The van der Waals surface area contributed by atoms with E-state index in [1.807, 2.05) is 12.3 Å². The Kier molecular flexibility index (Phi) is 4.37. The standard InChI is InChI=1S/C14H23N3/c1-3-15-10-13-7-5-9-17(11-13)14-12(2)6-4-8-16-14/h4,6,8,13,15H,3,5,7,9-11H2,1-2H3. The van der Waals surface area contributed by atoms with E-state index < -0.39 is 0 Å². The van der Waals surface area contributed by atoms with Gasteiger partial charge in [-0.15, -0.1) is 0 Å². The molecule has 1 fully saturated rings. The van der Waals surface area contributed by atoms with Crippen molar-refractivity contribution < 1.29 is 0 Å². The summed E-state index contributed by atoms with van der Waals surface area (Å²) in [6, 6.07) is 4.16. The third-order valence-corrected chi connectivity index (χ3v) is 3.48. The molecule has 17 heavy (non-hydrogen) atoms. The molecule has 0 radical (unpaired) electrons. The highest BCUT2D eigenvalue weighted by Gasteiger charge is 2.21. The Morgan fingerprint density at radius 1 is 1.53 bits per heavy atom. The van der Waals surface area contributed by atoms with Crippen LogP contribution >= 0.6 is 0 Å². The Balaban J connectivity index is 1.99. The Hall–Kier alpha value is -1.09. The molecule has 1 aliphatic heterocycles. The number of nitrogens with zero attached hydrogens (tertiary/aromatic N) is 2. The molecule has 1 aromatic rings. The van der Waals surface area contributed by atoms with Gasteiger partial charge in [0.1, 0.15) is 5.82 Å². The first-order valence-electron chi connectivity index (χ1n) is 6.68. The minimum absolute atomic E-state index is 0.769. The van der Waals surface area contributed by atoms with E-state index in [4.69, 9.17) is 0 Å². The van der Waals surface area contributed by atoms with Gasteiger partial charge in [-0.2, -0.15) is 0 Å². The van der Waals surface area contributed by atoms with Gasteiger partial charge in [0.2, 0.25) is 0 Å². The molecule has 0 bridgehead atoms. The molecule has 0 saturated carbocycles. The second kappa shape index (κ2) is 6.01. The largest absolute Gasteiger partial charge is 0.356 e. The maximum Gasteiger partial charge on any atom is 0.131 e. The van der Waals surface area contributed by atoms with Crippen LogP contribution in [0.2, 0.25) is 0 Å². The lowest BCUT2D eigenvalue weighted by atomic mass is 9.97. The first-order valence-corrected chi connectivity index (χ1v) is 6.68. The molecule has 0 spiro atoms. The van der Waals surface area contributed by atoms with E-state index in [9.17, 15) is 0 Å². The molecule has 0 aliphatic carbocycles. The maximum atomic E-state index is 4.52. The fourth-order valence-electron chi connectivity index (χ4n) is 2.58. The monoisotopic (exact) mass is 233 g/mol. The van der Waals surface area contributed by atoms with Crippen LogP contribution in [-0.2, 0) is 0 Å². The maximum absolute atomic E-state index is 4.52. The van der Waals surface area contributed by atoms with Crippen molar-refractivity contribution in [3.8, 4) is 0 Å². The normalized spacial score (nSPS) is 20.6. The van der Waals surface area contributed by atoms with Gasteiger partial charge in [-0.1, -0.05) is 13.0 Å². The van der Waals surface area contributed by atoms with Gasteiger partial charge in [0.25, 0.3) is 0 Å². The topological polar surface area (TPSA) is 28.2 Å². The zero-order valence-corrected chi connectivity index (χ0v) is 10.9. The fourth-order valence-corrected chi connectivity index (χ4v) is 2.58. The van der Waals surface area contributed by atoms with Crippen LogP contribution in [0, 0.1) is 12.8 Å². The third kappa shape index (κ3) is 3.19. The summed E-state index contributed by atoms with van der Waals surface area (Å²) >= 11 is 0. The van der Waals surface area contributed by atoms with E-state index in [0.29, 0.717) is 0 Å². The average molecular weight is 233 g/mol. The number of hydrogen-bond donors (Lipinski definition) is 1. The molecular weight excluding hydrogens is 210 g/mol. The van der Waals surface area contributed by atoms with E-state index in [1.165, 1.54) is 24.2 Å². The predicted octanol–water partition coefficient (Wildman–Crippen LogP) is 2.22.